The standard InChI is InChI=1S/C10H17N3O4/c1-12-3-2-4-13(6-8(12)14)10(17)7(11)5-9(15)16/h7H,2-6,11H2,1H3,(H,15,16). The lowest BCUT2D eigenvalue weighted by Crippen LogP contribution is -2.47. The number of carbonyl (C=O) groups is 3. The molecule has 96 valence electrons. The van der Waals surface area contributed by atoms with E-state index in [1.165, 1.54) is 4.90 Å². The van der Waals surface area contributed by atoms with E-state index in [4.69, 9.17) is 10.8 Å². The summed E-state index contributed by atoms with van der Waals surface area (Å²) in [7, 11) is 1.67. The van der Waals surface area contributed by atoms with Crippen LogP contribution in [0.2, 0.25) is 0 Å². The number of nitrogens with zero attached hydrogens (tertiary/aromatic N) is 2. The Morgan fingerprint density at radius 3 is 2.71 bits per heavy atom. The van der Waals surface area contributed by atoms with E-state index in [1.807, 2.05) is 0 Å². The van der Waals surface area contributed by atoms with Crippen LogP contribution in [0, 0.1) is 0 Å². The number of carboxylic acid groups (broad SMARTS) is 1. The van der Waals surface area contributed by atoms with E-state index in [-0.39, 0.29) is 12.5 Å². The Morgan fingerprint density at radius 1 is 1.47 bits per heavy atom. The molecule has 0 aromatic rings. The molecule has 3 N–H and O–H groups in total. The van der Waals surface area contributed by atoms with Crippen LogP contribution in [0.4, 0.5) is 0 Å². The summed E-state index contributed by atoms with van der Waals surface area (Å²) in [6.45, 7) is 1.00. The zero-order valence-corrected chi connectivity index (χ0v) is 9.76. The molecule has 0 saturated carbocycles. The average Bonchev–Trinajstić information content (AvgIpc) is 2.40. The number of hydrogen-bond acceptors (Lipinski definition) is 4. The number of nitrogens with two attached hydrogens (primary N) is 1. The van der Waals surface area contributed by atoms with Gasteiger partial charge in [-0.15, -0.1) is 0 Å². The van der Waals surface area contributed by atoms with Crippen molar-refractivity contribution in [3.8, 4) is 0 Å². The minimum Gasteiger partial charge on any atom is -0.481 e. The van der Waals surface area contributed by atoms with Crippen LogP contribution in [0.15, 0.2) is 0 Å². The van der Waals surface area contributed by atoms with Gasteiger partial charge in [-0.05, 0) is 6.42 Å². The first-order chi connectivity index (χ1) is 7.91. The van der Waals surface area contributed by atoms with Crippen LogP contribution in [0.5, 0.6) is 0 Å². The van der Waals surface area contributed by atoms with Crippen molar-refractivity contribution in [1.82, 2.24) is 9.80 Å². The summed E-state index contributed by atoms with van der Waals surface area (Å²) >= 11 is 0. The third-order valence-electron chi connectivity index (χ3n) is 2.70. The largest absolute Gasteiger partial charge is 0.481 e. The summed E-state index contributed by atoms with van der Waals surface area (Å²) in [5.41, 5.74) is 5.48. The van der Waals surface area contributed by atoms with E-state index in [9.17, 15) is 14.4 Å². The summed E-state index contributed by atoms with van der Waals surface area (Å²) in [4.78, 5) is 36.7. The van der Waals surface area contributed by atoms with E-state index in [2.05, 4.69) is 0 Å². The highest BCUT2D eigenvalue weighted by Crippen LogP contribution is 2.05. The maximum absolute atomic E-state index is 11.8. The first kappa shape index (κ1) is 13.4. The number of carbonyl (C=O) groups excluding carboxylic acids is 2. The second kappa shape index (κ2) is 5.62. The molecule has 0 spiro atoms. The van der Waals surface area contributed by atoms with E-state index in [1.54, 1.807) is 11.9 Å². The van der Waals surface area contributed by atoms with Crippen LogP contribution in [0.25, 0.3) is 0 Å². The van der Waals surface area contributed by atoms with Gasteiger partial charge in [0.1, 0.15) is 0 Å². The van der Waals surface area contributed by atoms with E-state index < -0.39 is 24.3 Å². The molecule has 0 aliphatic carbocycles. The molecule has 7 heteroatoms. The topological polar surface area (TPSA) is 104 Å². The van der Waals surface area contributed by atoms with Gasteiger partial charge in [0.15, 0.2) is 0 Å². The Labute approximate surface area is 99.2 Å². The predicted molar refractivity (Wildman–Crippen MR) is 59.1 cm³/mol. The van der Waals surface area contributed by atoms with Gasteiger partial charge < -0.3 is 20.6 Å². The Hall–Kier alpha value is -1.63. The maximum atomic E-state index is 11.8. The molecule has 2 amide bonds. The SMILES string of the molecule is CN1CCCN(C(=O)C(N)CC(=O)O)CC1=O. The molecule has 0 aromatic carbocycles. The molecule has 0 aromatic heterocycles. The first-order valence-corrected chi connectivity index (χ1v) is 5.42. The lowest BCUT2D eigenvalue weighted by Gasteiger charge is -2.22. The van der Waals surface area contributed by atoms with Gasteiger partial charge in [0.25, 0.3) is 0 Å². The minimum absolute atomic E-state index is 0.0251. The summed E-state index contributed by atoms with van der Waals surface area (Å²) in [5, 5.41) is 8.55. The number of amides is 2. The highest BCUT2D eigenvalue weighted by molar-refractivity contribution is 5.89. The van der Waals surface area contributed by atoms with Crippen LogP contribution in [-0.2, 0) is 14.4 Å². The monoisotopic (exact) mass is 243 g/mol. The van der Waals surface area contributed by atoms with Gasteiger partial charge in [-0.3, -0.25) is 14.4 Å². The Bertz CT molecular complexity index is 332. The number of carboxylic acids is 1. The summed E-state index contributed by atoms with van der Waals surface area (Å²) < 4.78 is 0. The molecule has 7 nitrogen and oxygen atoms in total. The Kier molecular flexibility index (Phi) is 4.45. The first-order valence-electron chi connectivity index (χ1n) is 5.42. The zero-order valence-electron chi connectivity index (χ0n) is 9.76. The van der Waals surface area contributed by atoms with Gasteiger partial charge in [0.05, 0.1) is 19.0 Å². The van der Waals surface area contributed by atoms with Gasteiger partial charge in [-0.25, -0.2) is 0 Å². The van der Waals surface area contributed by atoms with Gasteiger partial charge in [-0.2, -0.15) is 0 Å². The Balaban J connectivity index is 2.62. The summed E-state index contributed by atoms with van der Waals surface area (Å²) in [6.07, 6.45) is 0.257. The van der Waals surface area contributed by atoms with Crippen molar-refractivity contribution >= 4 is 17.8 Å². The van der Waals surface area contributed by atoms with Crippen molar-refractivity contribution in [3.63, 3.8) is 0 Å². The van der Waals surface area contributed by atoms with Gasteiger partial charge in [0, 0.05) is 20.1 Å². The minimum atomic E-state index is -1.12. The van der Waals surface area contributed by atoms with Crippen molar-refractivity contribution in [1.29, 1.82) is 0 Å². The highest BCUT2D eigenvalue weighted by atomic mass is 16.4. The predicted octanol–water partition coefficient (Wildman–Crippen LogP) is -1.52. The van der Waals surface area contributed by atoms with Crippen molar-refractivity contribution in [2.45, 2.75) is 18.9 Å². The van der Waals surface area contributed by atoms with E-state index in [0.717, 1.165) is 0 Å². The molecule has 17 heavy (non-hydrogen) atoms. The van der Waals surface area contributed by atoms with Crippen LogP contribution in [0.3, 0.4) is 0 Å². The van der Waals surface area contributed by atoms with Crippen molar-refractivity contribution in [2.75, 3.05) is 26.7 Å². The zero-order chi connectivity index (χ0) is 13.0. The quantitative estimate of drug-likeness (QED) is 0.626. The van der Waals surface area contributed by atoms with Crippen LogP contribution >= 0.6 is 0 Å². The van der Waals surface area contributed by atoms with Gasteiger partial charge in [-0.1, -0.05) is 0 Å². The van der Waals surface area contributed by atoms with E-state index in [0.29, 0.717) is 19.5 Å². The molecule has 1 fully saturated rings. The molecule has 1 saturated heterocycles. The molecule has 1 aliphatic rings. The molecule has 1 heterocycles. The normalized spacial score (nSPS) is 18.8. The number of hydrogen-bond donors (Lipinski definition) is 2. The lowest BCUT2D eigenvalue weighted by atomic mass is 10.2. The summed E-state index contributed by atoms with van der Waals surface area (Å²) in [6, 6.07) is -1.08. The van der Waals surface area contributed by atoms with E-state index >= 15 is 0 Å². The molecule has 0 bridgehead atoms. The van der Waals surface area contributed by atoms with Crippen LogP contribution in [0.1, 0.15) is 12.8 Å². The molecule has 1 unspecified atom stereocenters. The van der Waals surface area contributed by atoms with Crippen molar-refractivity contribution in [2.24, 2.45) is 5.73 Å². The summed E-state index contributed by atoms with van der Waals surface area (Å²) in [5.74, 6) is -1.75. The molecule has 1 aliphatic heterocycles. The Morgan fingerprint density at radius 2 is 2.12 bits per heavy atom. The van der Waals surface area contributed by atoms with Crippen molar-refractivity contribution < 1.29 is 19.5 Å². The molecule has 1 atom stereocenters. The molecule has 0 radical (unpaired) electrons. The second-order valence-electron chi connectivity index (χ2n) is 4.13. The molecular formula is C10H17N3O4. The van der Waals surface area contributed by atoms with Crippen LogP contribution < -0.4 is 5.73 Å². The highest BCUT2D eigenvalue weighted by Gasteiger charge is 2.27. The van der Waals surface area contributed by atoms with Gasteiger partial charge >= 0.3 is 5.97 Å². The molecular weight excluding hydrogens is 226 g/mol. The fraction of sp³-hybridized carbons (Fsp3) is 0.700. The fourth-order valence-corrected chi connectivity index (χ4v) is 1.68. The second-order valence-corrected chi connectivity index (χ2v) is 4.13. The maximum Gasteiger partial charge on any atom is 0.305 e. The molecule has 1 rings (SSSR count). The van der Waals surface area contributed by atoms with Crippen LogP contribution in [-0.4, -0.2) is 65.4 Å². The third kappa shape index (κ3) is 3.70. The van der Waals surface area contributed by atoms with Gasteiger partial charge in [0.2, 0.25) is 11.8 Å². The third-order valence-corrected chi connectivity index (χ3v) is 2.70. The van der Waals surface area contributed by atoms with Crippen molar-refractivity contribution in [3.05, 3.63) is 0 Å². The smallest absolute Gasteiger partial charge is 0.305 e. The lowest BCUT2D eigenvalue weighted by molar-refractivity contribution is -0.143. The average molecular weight is 243 g/mol. The number of rotatable bonds is 3. The fourth-order valence-electron chi connectivity index (χ4n) is 1.68. The number of aliphatic carboxylic acids is 1. The number of likely N-dealkylation sites (N-methyl/N-ethyl adjacent to an activating group) is 1.